The van der Waals surface area contributed by atoms with Gasteiger partial charge in [-0.2, -0.15) is 0 Å². The molecule has 92 valence electrons. The molecule has 17 heavy (non-hydrogen) atoms. The van der Waals surface area contributed by atoms with Crippen molar-refractivity contribution in [3.8, 4) is 0 Å². The molecule has 5 nitrogen and oxygen atoms in total. The number of nitrogens with two attached hydrogens (primary N) is 1. The second-order valence-corrected chi connectivity index (χ2v) is 4.74. The maximum atomic E-state index is 10.8. The number of hydrogen-bond acceptors (Lipinski definition) is 4. The summed E-state index contributed by atoms with van der Waals surface area (Å²) in [7, 11) is 0. The molecule has 1 unspecified atom stereocenters. The molecule has 0 aliphatic rings. The van der Waals surface area contributed by atoms with Gasteiger partial charge in [0.15, 0.2) is 0 Å². The molecule has 0 fully saturated rings. The van der Waals surface area contributed by atoms with Crippen molar-refractivity contribution >= 4 is 23.7 Å². The second kappa shape index (κ2) is 6.27. The molecule has 1 rings (SSSR count). The summed E-state index contributed by atoms with van der Waals surface area (Å²) in [6.07, 6.45) is -0.285. The molecule has 1 aromatic rings. The summed E-state index contributed by atoms with van der Waals surface area (Å²) in [5, 5.41) is 16.9. The topological polar surface area (TPSA) is 101 Å². The van der Waals surface area contributed by atoms with Gasteiger partial charge in [-0.05, 0) is 12.1 Å². The quantitative estimate of drug-likeness (QED) is 0.656. The molecular formula is C11H13NO4S. The molecule has 6 heteroatoms. The average molecular weight is 255 g/mol. The largest absolute Gasteiger partial charge is 0.481 e. The van der Waals surface area contributed by atoms with Crippen molar-refractivity contribution in [2.45, 2.75) is 22.6 Å². The van der Waals surface area contributed by atoms with Crippen LogP contribution >= 0.6 is 11.8 Å². The highest BCUT2D eigenvalue weighted by atomic mass is 32.2. The Hall–Kier alpha value is -1.53. The Bertz CT molecular complexity index is 396. The fourth-order valence-electron chi connectivity index (χ4n) is 1.25. The van der Waals surface area contributed by atoms with E-state index in [1.165, 1.54) is 11.8 Å². The predicted molar refractivity (Wildman–Crippen MR) is 64.0 cm³/mol. The van der Waals surface area contributed by atoms with Crippen molar-refractivity contribution in [2.75, 3.05) is 0 Å². The number of aliphatic carboxylic acids is 2. The molecule has 2 atom stereocenters. The summed E-state index contributed by atoms with van der Waals surface area (Å²) < 4.78 is 0. The van der Waals surface area contributed by atoms with Gasteiger partial charge in [-0.1, -0.05) is 18.2 Å². The average Bonchev–Trinajstić information content (AvgIpc) is 2.28. The van der Waals surface area contributed by atoms with Gasteiger partial charge in [-0.3, -0.25) is 9.59 Å². The van der Waals surface area contributed by atoms with Gasteiger partial charge in [0.05, 0.1) is 6.42 Å². The van der Waals surface area contributed by atoms with E-state index in [1.807, 2.05) is 6.07 Å². The molecule has 1 aromatic carbocycles. The minimum atomic E-state index is -1.20. The summed E-state index contributed by atoms with van der Waals surface area (Å²) >= 11 is 1.17. The van der Waals surface area contributed by atoms with Gasteiger partial charge in [-0.15, -0.1) is 11.8 Å². The van der Waals surface area contributed by atoms with Gasteiger partial charge in [0.1, 0.15) is 6.04 Å². The summed E-state index contributed by atoms with van der Waals surface area (Å²) in [5.74, 6) is -2.25. The number of carboxylic acid groups (broad SMARTS) is 2. The Morgan fingerprint density at radius 3 is 2.29 bits per heavy atom. The molecule has 0 saturated carbocycles. The van der Waals surface area contributed by atoms with Crippen molar-refractivity contribution < 1.29 is 19.8 Å². The maximum Gasteiger partial charge on any atom is 0.321 e. The minimum absolute atomic E-state index is 0.285. The Labute approximate surface area is 103 Å². The fourth-order valence-corrected chi connectivity index (χ4v) is 2.40. The van der Waals surface area contributed by atoms with E-state index in [0.29, 0.717) is 0 Å². The Kier molecular flexibility index (Phi) is 4.99. The standard InChI is InChI=1S/C11H13NO4S/c12-10(11(15)16)8(6-9(13)14)17-7-4-2-1-3-5-7/h1-5,8,10H,6,12H2,(H,13,14)(H,15,16)/t8?,10-/m0/s1. The molecule has 0 aliphatic heterocycles. The Morgan fingerprint density at radius 2 is 1.82 bits per heavy atom. The van der Waals surface area contributed by atoms with Gasteiger partial charge < -0.3 is 15.9 Å². The molecule has 0 radical (unpaired) electrons. The van der Waals surface area contributed by atoms with Crippen LogP contribution in [0.25, 0.3) is 0 Å². The molecule has 0 aromatic heterocycles. The van der Waals surface area contributed by atoms with E-state index in [4.69, 9.17) is 15.9 Å². The third-order valence-corrected chi connectivity index (χ3v) is 3.40. The molecule has 0 heterocycles. The monoisotopic (exact) mass is 255 g/mol. The van der Waals surface area contributed by atoms with Crippen molar-refractivity contribution in [3.63, 3.8) is 0 Å². The predicted octanol–water partition coefficient (Wildman–Crippen LogP) is 1.03. The van der Waals surface area contributed by atoms with E-state index in [2.05, 4.69) is 0 Å². The zero-order valence-electron chi connectivity index (χ0n) is 8.95. The summed E-state index contributed by atoms with van der Waals surface area (Å²) in [6, 6.07) is 7.80. The van der Waals surface area contributed by atoms with E-state index < -0.39 is 23.2 Å². The lowest BCUT2D eigenvalue weighted by Crippen LogP contribution is -2.41. The number of benzene rings is 1. The zero-order chi connectivity index (χ0) is 12.8. The smallest absolute Gasteiger partial charge is 0.321 e. The van der Waals surface area contributed by atoms with E-state index in [0.717, 1.165) is 4.90 Å². The molecule has 0 saturated heterocycles. The minimum Gasteiger partial charge on any atom is -0.481 e. The van der Waals surface area contributed by atoms with Crippen LogP contribution in [0.15, 0.2) is 35.2 Å². The molecule has 0 amide bonds. The van der Waals surface area contributed by atoms with Gasteiger partial charge in [-0.25, -0.2) is 0 Å². The van der Waals surface area contributed by atoms with Crippen LogP contribution in [0.5, 0.6) is 0 Å². The summed E-state index contributed by atoms with van der Waals surface area (Å²) in [5.41, 5.74) is 5.47. The first kappa shape index (κ1) is 13.5. The molecule has 0 spiro atoms. The lowest BCUT2D eigenvalue weighted by atomic mass is 10.1. The fraction of sp³-hybridized carbons (Fsp3) is 0.273. The third-order valence-electron chi connectivity index (χ3n) is 2.09. The highest BCUT2D eigenvalue weighted by Crippen LogP contribution is 2.27. The molecule has 0 bridgehead atoms. The van der Waals surface area contributed by atoms with E-state index in [1.54, 1.807) is 24.3 Å². The Morgan fingerprint density at radius 1 is 1.24 bits per heavy atom. The number of carboxylic acids is 2. The van der Waals surface area contributed by atoms with Crippen LogP contribution in [-0.4, -0.2) is 33.4 Å². The van der Waals surface area contributed by atoms with Crippen LogP contribution in [-0.2, 0) is 9.59 Å². The van der Waals surface area contributed by atoms with Crippen molar-refractivity contribution in [3.05, 3.63) is 30.3 Å². The zero-order valence-corrected chi connectivity index (χ0v) is 9.76. The first-order valence-electron chi connectivity index (χ1n) is 4.92. The summed E-state index contributed by atoms with van der Waals surface area (Å²) in [4.78, 5) is 22.2. The summed E-state index contributed by atoms with van der Waals surface area (Å²) in [6.45, 7) is 0. The third kappa shape index (κ3) is 4.46. The van der Waals surface area contributed by atoms with E-state index >= 15 is 0 Å². The van der Waals surface area contributed by atoms with Crippen LogP contribution in [0, 0.1) is 0 Å². The van der Waals surface area contributed by atoms with E-state index in [-0.39, 0.29) is 6.42 Å². The van der Waals surface area contributed by atoms with Crippen LogP contribution in [0.3, 0.4) is 0 Å². The van der Waals surface area contributed by atoms with Crippen molar-refractivity contribution in [1.82, 2.24) is 0 Å². The van der Waals surface area contributed by atoms with Gasteiger partial charge in [0.2, 0.25) is 0 Å². The number of thioether (sulfide) groups is 1. The van der Waals surface area contributed by atoms with Crippen LogP contribution < -0.4 is 5.73 Å². The first-order valence-corrected chi connectivity index (χ1v) is 5.80. The van der Waals surface area contributed by atoms with Gasteiger partial charge >= 0.3 is 11.9 Å². The SMILES string of the molecule is N[C@H](C(=O)O)C(CC(=O)O)Sc1ccccc1. The van der Waals surface area contributed by atoms with Gasteiger partial charge in [0, 0.05) is 10.1 Å². The lowest BCUT2D eigenvalue weighted by Gasteiger charge is -2.18. The number of carbonyl (C=O) groups is 2. The highest BCUT2D eigenvalue weighted by molar-refractivity contribution is 8.00. The maximum absolute atomic E-state index is 10.8. The van der Waals surface area contributed by atoms with Crippen molar-refractivity contribution in [1.29, 1.82) is 0 Å². The molecule has 0 aliphatic carbocycles. The van der Waals surface area contributed by atoms with Crippen LogP contribution in [0.2, 0.25) is 0 Å². The Balaban J connectivity index is 2.77. The van der Waals surface area contributed by atoms with Crippen LogP contribution in [0.1, 0.15) is 6.42 Å². The number of hydrogen-bond donors (Lipinski definition) is 3. The lowest BCUT2D eigenvalue weighted by molar-refractivity contribution is -0.139. The normalized spacial score (nSPS) is 13.9. The van der Waals surface area contributed by atoms with Gasteiger partial charge in [0.25, 0.3) is 0 Å². The molecule has 4 N–H and O–H groups in total. The molecular weight excluding hydrogens is 242 g/mol. The number of rotatable bonds is 6. The second-order valence-electron chi connectivity index (χ2n) is 3.43. The van der Waals surface area contributed by atoms with Crippen molar-refractivity contribution in [2.24, 2.45) is 5.73 Å². The first-order chi connectivity index (χ1) is 8.00. The highest BCUT2D eigenvalue weighted by Gasteiger charge is 2.27. The van der Waals surface area contributed by atoms with E-state index in [9.17, 15) is 9.59 Å². The van der Waals surface area contributed by atoms with Crippen LogP contribution in [0.4, 0.5) is 0 Å².